The van der Waals surface area contributed by atoms with Gasteiger partial charge in [0, 0.05) is 19.1 Å². The molecule has 3 rings (SSSR count). The molecule has 0 aromatic heterocycles. The van der Waals surface area contributed by atoms with Crippen molar-refractivity contribution in [3.8, 4) is 0 Å². The lowest BCUT2D eigenvalue weighted by atomic mass is 9.45. The SMILES string of the molecule is C=C1CCC[C@H]2[C@@]1(C)C(=O)C[C@@H](C)[C@]2(C)CCC1=CC(OC)OC1=O. The molecule has 138 valence electrons. The second-order valence-electron chi connectivity index (χ2n) is 8.49. The zero-order chi connectivity index (χ0) is 18.4. The third kappa shape index (κ3) is 2.79. The second kappa shape index (κ2) is 6.39. The zero-order valence-electron chi connectivity index (χ0n) is 15.9. The Hall–Kier alpha value is -1.42. The Morgan fingerprint density at radius 3 is 2.72 bits per heavy atom. The van der Waals surface area contributed by atoms with E-state index >= 15 is 0 Å². The quantitative estimate of drug-likeness (QED) is 0.565. The summed E-state index contributed by atoms with van der Waals surface area (Å²) in [5, 5.41) is 0. The maximum absolute atomic E-state index is 12.9. The molecule has 5 atom stereocenters. The van der Waals surface area contributed by atoms with Gasteiger partial charge in [-0.15, -0.1) is 0 Å². The lowest BCUT2D eigenvalue weighted by molar-refractivity contribution is -0.155. The average Bonchev–Trinajstić information content (AvgIpc) is 2.94. The fourth-order valence-electron chi connectivity index (χ4n) is 5.34. The van der Waals surface area contributed by atoms with E-state index in [2.05, 4.69) is 27.4 Å². The number of Topliss-reactive ketones (excluding diaryl/α,β-unsaturated/α-hetero) is 1. The number of cyclic esters (lactones) is 1. The predicted molar refractivity (Wildman–Crippen MR) is 95.7 cm³/mol. The molecule has 0 aromatic carbocycles. The van der Waals surface area contributed by atoms with Crippen molar-refractivity contribution >= 4 is 11.8 Å². The van der Waals surface area contributed by atoms with Crippen LogP contribution in [0.5, 0.6) is 0 Å². The average molecular weight is 346 g/mol. The molecule has 1 heterocycles. The first-order valence-corrected chi connectivity index (χ1v) is 9.39. The number of hydrogen-bond donors (Lipinski definition) is 0. The van der Waals surface area contributed by atoms with E-state index in [4.69, 9.17) is 9.47 Å². The molecular weight excluding hydrogens is 316 g/mol. The molecule has 0 N–H and O–H groups in total. The van der Waals surface area contributed by atoms with Gasteiger partial charge in [-0.2, -0.15) is 0 Å². The minimum absolute atomic E-state index is 0.0122. The number of esters is 1. The Kier molecular flexibility index (Phi) is 4.69. The van der Waals surface area contributed by atoms with Crippen LogP contribution in [0.3, 0.4) is 0 Å². The van der Waals surface area contributed by atoms with E-state index in [-0.39, 0.29) is 11.4 Å². The molecule has 2 aliphatic carbocycles. The normalized spacial score (nSPS) is 41.4. The summed E-state index contributed by atoms with van der Waals surface area (Å²) in [6.45, 7) is 10.9. The van der Waals surface area contributed by atoms with Gasteiger partial charge in [-0.3, -0.25) is 4.79 Å². The van der Waals surface area contributed by atoms with Gasteiger partial charge in [-0.1, -0.05) is 26.0 Å². The molecule has 25 heavy (non-hydrogen) atoms. The van der Waals surface area contributed by atoms with Crippen LogP contribution in [-0.4, -0.2) is 25.2 Å². The van der Waals surface area contributed by atoms with Crippen LogP contribution in [0.25, 0.3) is 0 Å². The molecule has 1 unspecified atom stereocenters. The van der Waals surface area contributed by atoms with Crippen LogP contribution in [0.4, 0.5) is 0 Å². The van der Waals surface area contributed by atoms with E-state index in [1.165, 1.54) is 7.11 Å². The van der Waals surface area contributed by atoms with Crippen molar-refractivity contribution in [3.05, 3.63) is 23.8 Å². The first-order valence-electron chi connectivity index (χ1n) is 9.39. The van der Waals surface area contributed by atoms with Gasteiger partial charge < -0.3 is 9.47 Å². The van der Waals surface area contributed by atoms with Gasteiger partial charge in [-0.25, -0.2) is 4.79 Å². The van der Waals surface area contributed by atoms with Crippen molar-refractivity contribution in [3.63, 3.8) is 0 Å². The number of hydrogen-bond acceptors (Lipinski definition) is 4. The molecule has 3 aliphatic rings. The van der Waals surface area contributed by atoms with Gasteiger partial charge >= 0.3 is 5.97 Å². The van der Waals surface area contributed by atoms with Gasteiger partial charge in [0.05, 0.1) is 5.41 Å². The molecule has 4 heteroatoms. The number of carbonyl (C=O) groups is 2. The summed E-state index contributed by atoms with van der Waals surface area (Å²) >= 11 is 0. The third-order valence-electron chi connectivity index (χ3n) is 7.38. The van der Waals surface area contributed by atoms with Crippen molar-refractivity contribution in [1.29, 1.82) is 0 Å². The van der Waals surface area contributed by atoms with Gasteiger partial charge in [0.15, 0.2) is 0 Å². The Labute approximate surface area is 150 Å². The van der Waals surface area contributed by atoms with Crippen molar-refractivity contribution in [2.75, 3.05) is 7.11 Å². The standard InChI is InChI=1S/C21H30O4/c1-13-7-6-8-16-20(3,14(2)11-17(22)21(13,16)4)10-9-15-12-18(24-5)25-19(15)23/h12,14,16,18H,1,6-11H2,2-5H3/t14-,16-,18?,20+,21+/m1/s1. The number of carbonyl (C=O) groups excluding carboxylic acids is 2. The maximum Gasteiger partial charge on any atom is 0.336 e. The highest BCUT2D eigenvalue weighted by molar-refractivity contribution is 5.91. The lowest BCUT2D eigenvalue weighted by Crippen LogP contribution is -2.55. The molecule has 1 aliphatic heterocycles. The van der Waals surface area contributed by atoms with Gasteiger partial charge in [-0.05, 0) is 62.4 Å². The summed E-state index contributed by atoms with van der Waals surface area (Å²) in [5.74, 6) is 0.686. The van der Waals surface area contributed by atoms with Crippen LogP contribution >= 0.6 is 0 Å². The summed E-state index contributed by atoms with van der Waals surface area (Å²) in [6.07, 6.45) is 6.50. The summed E-state index contributed by atoms with van der Waals surface area (Å²) < 4.78 is 10.3. The van der Waals surface area contributed by atoms with E-state index in [1.807, 2.05) is 0 Å². The molecule has 0 bridgehead atoms. The number of ketones is 1. The number of methoxy groups -OCH3 is 1. The van der Waals surface area contributed by atoms with Gasteiger partial charge in [0.1, 0.15) is 5.78 Å². The fraction of sp³-hybridized carbons (Fsp3) is 0.714. The van der Waals surface area contributed by atoms with Crippen LogP contribution in [-0.2, 0) is 19.1 Å². The first-order chi connectivity index (χ1) is 11.7. The van der Waals surface area contributed by atoms with Crippen molar-refractivity contribution in [2.45, 2.75) is 65.6 Å². The Balaban J connectivity index is 1.84. The van der Waals surface area contributed by atoms with E-state index in [9.17, 15) is 9.59 Å². The molecule has 0 saturated heterocycles. The molecule has 0 aromatic rings. The Bertz CT molecular complexity index is 634. The molecule has 0 spiro atoms. The minimum atomic E-state index is -0.555. The number of fused-ring (bicyclic) bond motifs is 1. The van der Waals surface area contributed by atoms with Crippen LogP contribution in [0, 0.1) is 22.7 Å². The first kappa shape index (κ1) is 18.4. The molecule has 2 fully saturated rings. The van der Waals surface area contributed by atoms with Crippen LogP contribution in [0.15, 0.2) is 23.8 Å². The second-order valence-corrected chi connectivity index (χ2v) is 8.49. The van der Waals surface area contributed by atoms with E-state index < -0.39 is 11.7 Å². The summed E-state index contributed by atoms with van der Waals surface area (Å²) in [5.41, 5.74) is 1.41. The predicted octanol–water partition coefficient (Wildman–Crippen LogP) is 4.20. The topological polar surface area (TPSA) is 52.6 Å². The summed E-state index contributed by atoms with van der Waals surface area (Å²) in [6, 6.07) is 0. The van der Waals surface area contributed by atoms with E-state index in [0.29, 0.717) is 36.0 Å². The van der Waals surface area contributed by atoms with Crippen molar-refractivity contribution < 1.29 is 19.1 Å². The molecule has 2 saturated carbocycles. The number of allylic oxidation sites excluding steroid dienone is 1. The van der Waals surface area contributed by atoms with E-state index in [1.54, 1.807) is 6.08 Å². The number of ether oxygens (including phenoxy) is 2. The Morgan fingerprint density at radius 2 is 2.08 bits per heavy atom. The third-order valence-corrected chi connectivity index (χ3v) is 7.38. The summed E-state index contributed by atoms with van der Waals surface area (Å²) in [7, 11) is 1.53. The van der Waals surface area contributed by atoms with Crippen LogP contribution in [0.1, 0.15) is 59.3 Å². The minimum Gasteiger partial charge on any atom is -0.429 e. The monoisotopic (exact) mass is 346 g/mol. The van der Waals surface area contributed by atoms with Crippen LogP contribution < -0.4 is 0 Å². The van der Waals surface area contributed by atoms with E-state index in [0.717, 1.165) is 31.3 Å². The van der Waals surface area contributed by atoms with Crippen molar-refractivity contribution in [1.82, 2.24) is 0 Å². The highest BCUT2D eigenvalue weighted by Gasteiger charge is 2.58. The number of rotatable bonds is 4. The largest absolute Gasteiger partial charge is 0.429 e. The lowest BCUT2D eigenvalue weighted by Gasteiger charge is -2.57. The van der Waals surface area contributed by atoms with Gasteiger partial charge in [0.25, 0.3) is 0 Å². The van der Waals surface area contributed by atoms with Crippen molar-refractivity contribution in [2.24, 2.45) is 22.7 Å². The highest BCUT2D eigenvalue weighted by Crippen LogP contribution is 2.61. The molecular formula is C21H30O4. The molecule has 4 nitrogen and oxygen atoms in total. The zero-order valence-corrected chi connectivity index (χ0v) is 15.9. The highest BCUT2D eigenvalue weighted by atomic mass is 16.7. The molecule has 0 radical (unpaired) electrons. The van der Waals surface area contributed by atoms with Crippen LogP contribution in [0.2, 0.25) is 0 Å². The Morgan fingerprint density at radius 1 is 1.36 bits per heavy atom. The smallest absolute Gasteiger partial charge is 0.336 e. The maximum atomic E-state index is 12.9. The molecule has 0 amide bonds. The fourth-order valence-corrected chi connectivity index (χ4v) is 5.34. The van der Waals surface area contributed by atoms with Gasteiger partial charge in [0.2, 0.25) is 6.29 Å². The summed E-state index contributed by atoms with van der Waals surface area (Å²) in [4.78, 5) is 24.9.